The van der Waals surface area contributed by atoms with E-state index in [1.165, 1.54) is 12.8 Å². The Labute approximate surface area is 107 Å². The van der Waals surface area contributed by atoms with Crippen LogP contribution in [0.1, 0.15) is 39.5 Å². The molecule has 1 N–H and O–H groups in total. The minimum Gasteiger partial charge on any atom is -0.479 e. The lowest BCUT2D eigenvalue weighted by Gasteiger charge is -2.51. The van der Waals surface area contributed by atoms with Crippen molar-refractivity contribution in [1.29, 1.82) is 0 Å². The van der Waals surface area contributed by atoms with Gasteiger partial charge in [-0.15, -0.1) is 0 Å². The molecule has 4 fully saturated rings. The summed E-state index contributed by atoms with van der Waals surface area (Å²) in [5.74, 6) is -0.354. The van der Waals surface area contributed by atoms with E-state index in [1.807, 2.05) is 0 Å². The summed E-state index contributed by atoms with van der Waals surface area (Å²) >= 11 is 0. The molecule has 18 heavy (non-hydrogen) atoms. The Kier molecular flexibility index (Phi) is 1.83. The maximum absolute atomic E-state index is 11.6. The summed E-state index contributed by atoms with van der Waals surface area (Å²) in [6, 6.07) is 0. The fourth-order valence-corrected chi connectivity index (χ4v) is 5.28. The molecule has 4 rings (SSSR count). The minimum atomic E-state index is -1.03. The molecule has 2 saturated carbocycles. The molecular formula is C14H20O4. The largest absolute Gasteiger partial charge is 0.479 e. The summed E-state index contributed by atoms with van der Waals surface area (Å²) in [7, 11) is 0. The molecule has 4 heteroatoms. The van der Waals surface area contributed by atoms with E-state index in [9.17, 15) is 9.90 Å². The number of carboxylic acid groups (broad SMARTS) is 1. The molecule has 0 radical (unpaired) electrons. The van der Waals surface area contributed by atoms with E-state index in [-0.39, 0.29) is 23.0 Å². The van der Waals surface area contributed by atoms with Crippen LogP contribution in [0, 0.1) is 16.7 Å². The Morgan fingerprint density at radius 2 is 2.11 bits per heavy atom. The van der Waals surface area contributed by atoms with Crippen LogP contribution in [-0.2, 0) is 14.3 Å². The second kappa shape index (κ2) is 2.93. The topological polar surface area (TPSA) is 59.1 Å². The van der Waals surface area contributed by atoms with Gasteiger partial charge in [-0.2, -0.15) is 0 Å². The van der Waals surface area contributed by atoms with Gasteiger partial charge in [-0.25, -0.2) is 4.79 Å². The molecule has 2 bridgehead atoms. The van der Waals surface area contributed by atoms with Gasteiger partial charge >= 0.3 is 5.97 Å². The van der Waals surface area contributed by atoms with E-state index < -0.39 is 11.6 Å². The molecule has 2 aliphatic heterocycles. The maximum Gasteiger partial charge on any atom is 0.338 e. The van der Waals surface area contributed by atoms with Gasteiger partial charge in [-0.05, 0) is 24.7 Å². The van der Waals surface area contributed by atoms with Gasteiger partial charge in [0.1, 0.15) is 6.10 Å². The molecule has 4 nitrogen and oxygen atoms in total. The third-order valence-corrected chi connectivity index (χ3v) is 5.90. The fourth-order valence-electron chi connectivity index (χ4n) is 5.28. The van der Waals surface area contributed by atoms with Crippen LogP contribution in [0.5, 0.6) is 0 Å². The summed E-state index contributed by atoms with van der Waals surface area (Å²) in [6.07, 6.45) is 4.07. The normalized spacial score (nSPS) is 55.6. The summed E-state index contributed by atoms with van der Waals surface area (Å²) in [5.41, 5.74) is -0.734. The third kappa shape index (κ3) is 1.08. The molecule has 5 atom stereocenters. The first-order valence-corrected chi connectivity index (χ1v) is 6.94. The molecule has 1 spiro atoms. The van der Waals surface area contributed by atoms with Crippen LogP contribution in [-0.4, -0.2) is 35.5 Å². The van der Waals surface area contributed by atoms with Crippen molar-refractivity contribution in [2.24, 2.45) is 16.7 Å². The third-order valence-electron chi connectivity index (χ3n) is 5.90. The van der Waals surface area contributed by atoms with Gasteiger partial charge in [0.15, 0.2) is 5.60 Å². The maximum atomic E-state index is 11.6. The zero-order valence-corrected chi connectivity index (χ0v) is 10.9. The zero-order chi connectivity index (χ0) is 12.8. The van der Waals surface area contributed by atoms with Crippen LogP contribution in [0.15, 0.2) is 0 Å². The second-order valence-corrected chi connectivity index (χ2v) is 7.36. The van der Waals surface area contributed by atoms with Crippen molar-refractivity contribution in [3.05, 3.63) is 0 Å². The molecule has 0 unspecified atom stereocenters. The van der Waals surface area contributed by atoms with Gasteiger partial charge in [0, 0.05) is 11.3 Å². The van der Waals surface area contributed by atoms with Crippen LogP contribution in [0.2, 0.25) is 0 Å². The highest BCUT2D eigenvalue weighted by molar-refractivity contribution is 5.80. The monoisotopic (exact) mass is 252 g/mol. The number of aliphatic carboxylic acids is 1. The quantitative estimate of drug-likeness (QED) is 0.723. The van der Waals surface area contributed by atoms with Gasteiger partial charge in [-0.3, -0.25) is 0 Å². The highest BCUT2D eigenvalue weighted by Crippen LogP contribution is 2.69. The van der Waals surface area contributed by atoms with Crippen LogP contribution < -0.4 is 0 Å². The summed E-state index contributed by atoms with van der Waals surface area (Å²) in [5, 5.41) is 9.52. The van der Waals surface area contributed by atoms with E-state index in [0.29, 0.717) is 18.9 Å². The lowest BCUT2D eigenvalue weighted by Crippen LogP contribution is -2.55. The number of ether oxygens (including phenoxy) is 2. The molecule has 4 aliphatic rings. The Bertz CT molecular complexity index is 432. The number of carboxylic acids is 1. The van der Waals surface area contributed by atoms with Crippen molar-refractivity contribution in [3.8, 4) is 0 Å². The molecule has 2 saturated heterocycles. The Balaban J connectivity index is 1.80. The van der Waals surface area contributed by atoms with Crippen molar-refractivity contribution in [3.63, 3.8) is 0 Å². The van der Waals surface area contributed by atoms with Gasteiger partial charge in [0.25, 0.3) is 0 Å². The highest BCUT2D eigenvalue weighted by Gasteiger charge is 2.77. The van der Waals surface area contributed by atoms with Crippen molar-refractivity contribution in [1.82, 2.24) is 0 Å². The standard InChI is InChI=1S/C14H20O4/c1-12(2)4-3-5-13-6-14(11(15)16,17-7-13)10-8(18-10)9(12)13/h8-10H,3-7H2,1-2H3,(H,15,16)/t8-,9+,10-,13-,14-/m0/s1. The molecule has 2 heterocycles. The summed E-state index contributed by atoms with van der Waals surface area (Å²) < 4.78 is 11.6. The molecule has 100 valence electrons. The van der Waals surface area contributed by atoms with Gasteiger partial charge in [0.2, 0.25) is 0 Å². The number of carbonyl (C=O) groups is 1. The number of hydrogen-bond donors (Lipinski definition) is 1. The average molecular weight is 252 g/mol. The first-order chi connectivity index (χ1) is 8.41. The molecule has 0 aromatic heterocycles. The van der Waals surface area contributed by atoms with Crippen LogP contribution in [0.4, 0.5) is 0 Å². The van der Waals surface area contributed by atoms with Crippen LogP contribution in [0.3, 0.4) is 0 Å². The lowest BCUT2D eigenvalue weighted by molar-refractivity contribution is -0.162. The van der Waals surface area contributed by atoms with Crippen LogP contribution >= 0.6 is 0 Å². The second-order valence-electron chi connectivity index (χ2n) is 7.36. The van der Waals surface area contributed by atoms with Gasteiger partial charge in [-0.1, -0.05) is 20.3 Å². The fraction of sp³-hybridized carbons (Fsp3) is 0.929. The highest BCUT2D eigenvalue weighted by atomic mass is 16.6. The smallest absolute Gasteiger partial charge is 0.338 e. The van der Waals surface area contributed by atoms with Gasteiger partial charge < -0.3 is 14.6 Å². The van der Waals surface area contributed by atoms with Crippen LogP contribution in [0.25, 0.3) is 0 Å². The Hall–Kier alpha value is -0.610. The van der Waals surface area contributed by atoms with E-state index in [2.05, 4.69) is 13.8 Å². The first-order valence-electron chi connectivity index (χ1n) is 6.94. The number of epoxide rings is 1. The predicted octanol–water partition coefficient (Wildman–Crippen LogP) is 1.82. The Morgan fingerprint density at radius 3 is 2.83 bits per heavy atom. The molecular weight excluding hydrogens is 232 g/mol. The van der Waals surface area contributed by atoms with E-state index in [4.69, 9.17) is 9.47 Å². The molecule has 0 aromatic rings. The molecule has 0 amide bonds. The first kappa shape index (κ1) is 11.2. The number of fused-ring (bicyclic) bond motifs is 4. The Morgan fingerprint density at radius 1 is 1.33 bits per heavy atom. The zero-order valence-electron chi connectivity index (χ0n) is 10.9. The minimum absolute atomic E-state index is 0.0534. The number of rotatable bonds is 1. The summed E-state index contributed by atoms with van der Waals surface area (Å²) in [6.45, 7) is 5.23. The number of hydrogen-bond acceptors (Lipinski definition) is 3. The molecule has 0 aromatic carbocycles. The predicted molar refractivity (Wildman–Crippen MR) is 63.2 cm³/mol. The van der Waals surface area contributed by atoms with Gasteiger partial charge in [0.05, 0.1) is 12.7 Å². The SMILES string of the molecule is CC1(C)CCC[C@@]23CO[C@@](C(=O)O)(C2)[C@H]2O[C@H]2[C@H]13. The van der Waals surface area contributed by atoms with E-state index in [1.54, 1.807) is 0 Å². The average Bonchev–Trinajstić information content (AvgIpc) is 2.97. The molecule has 2 aliphatic carbocycles. The van der Waals surface area contributed by atoms with E-state index in [0.717, 1.165) is 6.42 Å². The van der Waals surface area contributed by atoms with Crippen molar-refractivity contribution >= 4 is 5.97 Å². The van der Waals surface area contributed by atoms with Crippen molar-refractivity contribution in [2.45, 2.75) is 57.3 Å². The van der Waals surface area contributed by atoms with Crippen molar-refractivity contribution < 1.29 is 19.4 Å². The van der Waals surface area contributed by atoms with E-state index >= 15 is 0 Å². The summed E-state index contributed by atoms with van der Waals surface area (Å²) in [4.78, 5) is 11.6. The lowest BCUT2D eigenvalue weighted by atomic mass is 9.50. The van der Waals surface area contributed by atoms with Crippen molar-refractivity contribution in [2.75, 3.05) is 6.61 Å².